The summed E-state index contributed by atoms with van der Waals surface area (Å²) in [6.07, 6.45) is 0. The number of aryl methyl sites for hydroxylation is 2. The fourth-order valence-electron chi connectivity index (χ4n) is 3.37. The molecule has 0 spiro atoms. The topological polar surface area (TPSA) is 49.4 Å². The average molecular weight is 439 g/mol. The van der Waals surface area contributed by atoms with Gasteiger partial charge in [-0.2, -0.15) is 0 Å². The average Bonchev–Trinajstić information content (AvgIpc) is 2.96. The van der Waals surface area contributed by atoms with Crippen molar-refractivity contribution in [2.45, 2.75) is 13.8 Å². The number of imide groups is 1. The second-order valence-corrected chi connectivity index (χ2v) is 7.66. The number of anilines is 2. The van der Waals surface area contributed by atoms with E-state index in [1.54, 1.807) is 30.3 Å². The van der Waals surface area contributed by atoms with Crippen molar-refractivity contribution in [1.29, 1.82) is 0 Å². The first-order valence-electron chi connectivity index (χ1n) is 9.44. The summed E-state index contributed by atoms with van der Waals surface area (Å²) < 4.78 is 27.8. The summed E-state index contributed by atoms with van der Waals surface area (Å²) in [6.45, 7) is 3.89. The molecular weight excluding hydrogens is 422 g/mol. The highest BCUT2D eigenvalue weighted by Crippen LogP contribution is 2.35. The van der Waals surface area contributed by atoms with Crippen molar-refractivity contribution in [2.75, 3.05) is 10.2 Å². The van der Waals surface area contributed by atoms with Gasteiger partial charge >= 0.3 is 0 Å². The lowest BCUT2D eigenvalue weighted by Crippen LogP contribution is -2.33. The molecule has 31 heavy (non-hydrogen) atoms. The Morgan fingerprint density at radius 2 is 1.55 bits per heavy atom. The summed E-state index contributed by atoms with van der Waals surface area (Å²) in [6, 6.07) is 14.6. The minimum absolute atomic E-state index is 0.000648. The van der Waals surface area contributed by atoms with Crippen molar-refractivity contribution in [3.63, 3.8) is 0 Å². The predicted octanol–water partition coefficient (Wildman–Crippen LogP) is 5.63. The number of hydrogen-bond acceptors (Lipinski definition) is 3. The van der Waals surface area contributed by atoms with Crippen LogP contribution in [0.1, 0.15) is 16.7 Å². The maximum Gasteiger partial charge on any atom is 0.282 e. The van der Waals surface area contributed by atoms with E-state index < -0.39 is 23.4 Å². The summed E-state index contributed by atoms with van der Waals surface area (Å²) in [4.78, 5) is 27.2. The lowest BCUT2D eigenvalue weighted by atomic mass is 10.0. The minimum Gasteiger partial charge on any atom is -0.350 e. The van der Waals surface area contributed by atoms with E-state index in [2.05, 4.69) is 5.32 Å². The molecule has 0 aromatic heterocycles. The van der Waals surface area contributed by atoms with E-state index in [4.69, 9.17) is 11.6 Å². The number of carbonyl (C=O) groups excluding carboxylic acids is 2. The van der Waals surface area contributed by atoms with E-state index >= 15 is 0 Å². The first-order chi connectivity index (χ1) is 14.8. The molecule has 2 amide bonds. The Balaban J connectivity index is 1.84. The van der Waals surface area contributed by atoms with Crippen LogP contribution in [0.2, 0.25) is 5.02 Å². The predicted molar refractivity (Wildman–Crippen MR) is 117 cm³/mol. The second kappa shape index (κ2) is 7.96. The summed E-state index contributed by atoms with van der Waals surface area (Å²) >= 11 is 5.96. The molecule has 0 fully saturated rings. The number of carbonyl (C=O) groups is 2. The zero-order valence-corrected chi connectivity index (χ0v) is 17.4. The van der Waals surface area contributed by atoms with Gasteiger partial charge in [-0.15, -0.1) is 0 Å². The van der Waals surface area contributed by atoms with Crippen LogP contribution in [0, 0.1) is 25.5 Å². The van der Waals surface area contributed by atoms with E-state index in [-0.39, 0.29) is 17.0 Å². The lowest BCUT2D eigenvalue weighted by Gasteiger charge is -2.16. The molecule has 3 aromatic rings. The summed E-state index contributed by atoms with van der Waals surface area (Å²) in [7, 11) is 0. The Morgan fingerprint density at radius 3 is 2.19 bits per heavy atom. The van der Waals surface area contributed by atoms with Crippen molar-refractivity contribution >= 4 is 40.4 Å². The van der Waals surface area contributed by atoms with Crippen molar-refractivity contribution in [3.05, 3.63) is 99.7 Å². The molecule has 1 aliphatic rings. The fourth-order valence-corrected chi connectivity index (χ4v) is 3.50. The van der Waals surface area contributed by atoms with Gasteiger partial charge in [0.05, 0.1) is 11.3 Å². The molecule has 1 heterocycles. The van der Waals surface area contributed by atoms with Crippen LogP contribution in [-0.2, 0) is 9.59 Å². The molecule has 7 heteroatoms. The number of hydrogen-bond donors (Lipinski definition) is 1. The van der Waals surface area contributed by atoms with Gasteiger partial charge in [0.2, 0.25) is 0 Å². The largest absolute Gasteiger partial charge is 0.350 e. The van der Waals surface area contributed by atoms with Gasteiger partial charge in [-0.25, -0.2) is 13.7 Å². The van der Waals surface area contributed by atoms with Gasteiger partial charge in [0.15, 0.2) is 0 Å². The summed E-state index contributed by atoms with van der Waals surface area (Å²) in [5.74, 6) is -3.27. The highest BCUT2D eigenvalue weighted by Gasteiger charge is 2.41. The molecule has 0 saturated heterocycles. The first kappa shape index (κ1) is 20.8. The molecule has 0 unspecified atom stereocenters. The lowest BCUT2D eigenvalue weighted by molar-refractivity contribution is -0.120. The van der Waals surface area contributed by atoms with Crippen molar-refractivity contribution in [3.8, 4) is 0 Å². The number of nitrogens with zero attached hydrogens (tertiary/aromatic N) is 1. The van der Waals surface area contributed by atoms with Crippen molar-refractivity contribution < 1.29 is 18.4 Å². The molecular formula is C24H17ClF2N2O2. The van der Waals surface area contributed by atoms with Crippen LogP contribution < -0.4 is 10.2 Å². The smallest absolute Gasteiger partial charge is 0.282 e. The van der Waals surface area contributed by atoms with Gasteiger partial charge in [-0.1, -0.05) is 29.8 Å². The van der Waals surface area contributed by atoms with Gasteiger partial charge in [-0.05, 0) is 66.9 Å². The van der Waals surface area contributed by atoms with Crippen LogP contribution in [0.25, 0.3) is 5.57 Å². The Morgan fingerprint density at radius 1 is 0.839 bits per heavy atom. The molecule has 1 aliphatic heterocycles. The summed E-state index contributed by atoms with van der Waals surface area (Å²) in [5, 5.41) is 3.49. The van der Waals surface area contributed by atoms with Gasteiger partial charge in [0.25, 0.3) is 11.8 Å². The van der Waals surface area contributed by atoms with Gasteiger partial charge in [-0.3, -0.25) is 9.59 Å². The molecule has 4 rings (SSSR count). The number of benzene rings is 3. The molecule has 156 valence electrons. The number of amides is 2. The van der Waals surface area contributed by atoms with E-state index in [0.717, 1.165) is 23.3 Å². The SMILES string of the molecule is Cc1ccc(NC2=C(c3ccc(Cl)cc3)C(=O)N(c3ccc(F)cc3F)C2=O)cc1C. The number of halogens is 3. The molecule has 3 aromatic carbocycles. The van der Waals surface area contributed by atoms with Crippen LogP contribution in [0.15, 0.2) is 66.4 Å². The van der Waals surface area contributed by atoms with Crippen LogP contribution in [-0.4, -0.2) is 11.8 Å². The Kier molecular flexibility index (Phi) is 5.33. The molecule has 0 bridgehead atoms. The third kappa shape index (κ3) is 3.82. The standard InChI is InChI=1S/C24H17ClF2N2O2/c1-13-3-9-18(11-14(13)2)28-22-21(15-4-6-16(25)7-5-15)23(30)29(24(22)31)20-10-8-17(26)12-19(20)27/h3-12,28H,1-2H3. The van der Waals surface area contributed by atoms with Gasteiger partial charge in [0.1, 0.15) is 17.3 Å². The maximum absolute atomic E-state index is 14.4. The molecule has 1 N–H and O–H groups in total. The minimum atomic E-state index is -1.01. The molecule has 0 atom stereocenters. The highest BCUT2D eigenvalue weighted by molar-refractivity contribution is 6.46. The molecule has 0 aliphatic carbocycles. The van der Waals surface area contributed by atoms with Gasteiger partial charge < -0.3 is 5.32 Å². The van der Waals surface area contributed by atoms with Crippen molar-refractivity contribution in [2.24, 2.45) is 0 Å². The zero-order valence-electron chi connectivity index (χ0n) is 16.7. The fraction of sp³-hybridized carbons (Fsp3) is 0.0833. The van der Waals surface area contributed by atoms with Crippen LogP contribution in [0.3, 0.4) is 0 Å². The van der Waals surface area contributed by atoms with E-state index in [9.17, 15) is 18.4 Å². The van der Waals surface area contributed by atoms with E-state index in [1.165, 1.54) is 0 Å². The first-order valence-corrected chi connectivity index (χ1v) is 9.82. The highest BCUT2D eigenvalue weighted by atomic mass is 35.5. The molecule has 0 saturated carbocycles. The number of nitrogens with one attached hydrogen (secondary N) is 1. The second-order valence-electron chi connectivity index (χ2n) is 7.22. The third-order valence-electron chi connectivity index (χ3n) is 5.14. The molecule has 4 nitrogen and oxygen atoms in total. The zero-order chi connectivity index (χ0) is 22.3. The Labute approximate surface area is 182 Å². The van der Waals surface area contributed by atoms with E-state index in [1.807, 2.05) is 26.0 Å². The Bertz CT molecular complexity index is 1250. The van der Waals surface area contributed by atoms with Crippen LogP contribution in [0.5, 0.6) is 0 Å². The number of rotatable bonds is 4. The molecule has 0 radical (unpaired) electrons. The van der Waals surface area contributed by atoms with E-state index in [0.29, 0.717) is 27.2 Å². The van der Waals surface area contributed by atoms with Gasteiger partial charge in [0, 0.05) is 16.8 Å². The maximum atomic E-state index is 14.4. The van der Waals surface area contributed by atoms with Crippen molar-refractivity contribution in [1.82, 2.24) is 0 Å². The van der Waals surface area contributed by atoms with Crippen LogP contribution in [0.4, 0.5) is 20.2 Å². The summed E-state index contributed by atoms with van der Waals surface area (Å²) in [5.41, 5.74) is 2.87. The van der Waals surface area contributed by atoms with Crippen LogP contribution >= 0.6 is 11.6 Å². The monoisotopic (exact) mass is 438 g/mol. The quantitative estimate of drug-likeness (QED) is 0.537. The normalized spacial score (nSPS) is 13.9. The third-order valence-corrected chi connectivity index (χ3v) is 5.40. The Hall–Kier alpha value is -3.51.